The maximum absolute atomic E-state index is 13.1. The first-order valence-corrected chi connectivity index (χ1v) is 11.9. The minimum absolute atomic E-state index is 0.0142. The van der Waals surface area contributed by atoms with Crippen LogP contribution in [0.15, 0.2) is 42.6 Å². The van der Waals surface area contributed by atoms with Crippen molar-refractivity contribution in [2.24, 2.45) is 10.8 Å². The molecule has 2 unspecified atom stereocenters. The topological polar surface area (TPSA) is 75.5 Å². The molecule has 2 fully saturated rings. The molecule has 1 saturated carbocycles. The van der Waals surface area contributed by atoms with Crippen LogP contribution in [-0.2, 0) is 4.79 Å². The Morgan fingerprint density at radius 2 is 2.03 bits per heavy atom. The van der Waals surface area contributed by atoms with Crippen LogP contribution in [0.25, 0.3) is 11.6 Å². The van der Waals surface area contributed by atoms with E-state index in [4.69, 9.17) is 9.47 Å². The van der Waals surface area contributed by atoms with Gasteiger partial charge in [-0.2, -0.15) is 5.26 Å². The number of allylic oxidation sites excluding steroid dienone is 1. The number of hydrogen-bond donors (Lipinski definition) is 0. The molecule has 2 heterocycles. The SMILES string of the molecule is CCOc1cc(/C=C(\C#N)c2ccccn2)ccc1OCC(=O)N1CC2(C)CC1CC(C)(C)C2. The molecule has 2 aliphatic rings. The van der Waals surface area contributed by atoms with E-state index in [2.05, 4.69) is 31.8 Å². The molecule has 1 aliphatic carbocycles. The number of aromatic nitrogens is 1. The number of carbonyl (C=O) groups excluding carboxylic acids is 1. The number of pyridine rings is 1. The zero-order chi connectivity index (χ0) is 24.3. The lowest BCUT2D eigenvalue weighted by Gasteiger charge is -2.39. The van der Waals surface area contributed by atoms with Crippen LogP contribution >= 0.6 is 0 Å². The van der Waals surface area contributed by atoms with E-state index >= 15 is 0 Å². The van der Waals surface area contributed by atoms with E-state index in [0.717, 1.165) is 31.4 Å². The van der Waals surface area contributed by atoms with Crippen molar-refractivity contribution in [1.29, 1.82) is 5.26 Å². The summed E-state index contributed by atoms with van der Waals surface area (Å²) in [4.78, 5) is 19.4. The van der Waals surface area contributed by atoms with E-state index in [1.807, 2.05) is 36.1 Å². The van der Waals surface area contributed by atoms with Crippen molar-refractivity contribution in [3.8, 4) is 17.6 Å². The third kappa shape index (κ3) is 5.25. The lowest BCUT2D eigenvalue weighted by atomic mass is 9.65. The Kier molecular flexibility index (Phi) is 6.65. The van der Waals surface area contributed by atoms with Crippen molar-refractivity contribution in [1.82, 2.24) is 9.88 Å². The third-order valence-electron chi connectivity index (χ3n) is 6.73. The van der Waals surface area contributed by atoms with Crippen LogP contribution in [0.3, 0.4) is 0 Å². The number of carbonyl (C=O) groups is 1. The van der Waals surface area contributed by atoms with Gasteiger partial charge in [0.2, 0.25) is 0 Å². The van der Waals surface area contributed by atoms with Gasteiger partial charge in [-0.1, -0.05) is 32.9 Å². The van der Waals surface area contributed by atoms with Crippen molar-refractivity contribution >= 4 is 17.6 Å². The Hall–Kier alpha value is -3.33. The highest BCUT2D eigenvalue weighted by Crippen LogP contribution is 2.52. The Morgan fingerprint density at radius 3 is 2.74 bits per heavy atom. The van der Waals surface area contributed by atoms with Crippen molar-refractivity contribution < 1.29 is 14.3 Å². The molecule has 0 spiro atoms. The molecule has 0 N–H and O–H groups in total. The minimum Gasteiger partial charge on any atom is -0.490 e. The quantitative estimate of drug-likeness (QED) is 0.522. The van der Waals surface area contributed by atoms with Crippen LogP contribution in [0.5, 0.6) is 11.5 Å². The van der Waals surface area contributed by atoms with Gasteiger partial charge in [0, 0.05) is 18.8 Å². The number of hydrogen-bond acceptors (Lipinski definition) is 5. The Morgan fingerprint density at radius 1 is 1.21 bits per heavy atom. The lowest BCUT2D eigenvalue weighted by molar-refractivity contribution is -0.134. The van der Waals surface area contributed by atoms with E-state index in [0.29, 0.717) is 35.4 Å². The number of amides is 1. The van der Waals surface area contributed by atoms with Crippen molar-refractivity contribution in [2.45, 2.75) is 53.0 Å². The number of ether oxygens (including phenoxy) is 2. The smallest absolute Gasteiger partial charge is 0.260 e. The fraction of sp³-hybridized carbons (Fsp3) is 0.464. The van der Waals surface area contributed by atoms with E-state index in [1.165, 1.54) is 0 Å². The summed E-state index contributed by atoms with van der Waals surface area (Å²) < 4.78 is 11.7. The average Bonchev–Trinajstić information content (AvgIpc) is 3.06. The van der Waals surface area contributed by atoms with Crippen LogP contribution in [0, 0.1) is 22.2 Å². The molecule has 1 aliphatic heterocycles. The van der Waals surface area contributed by atoms with Gasteiger partial charge in [0.15, 0.2) is 18.1 Å². The van der Waals surface area contributed by atoms with Gasteiger partial charge in [-0.05, 0) is 72.9 Å². The van der Waals surface area contributed by atoms with E-state index in [1.54, 1.807) is 24.4 Å². The molecule has 6 nitrogen and oxygen atoms in total. The number of fused-ring (bicyclic) bond motifs is 2. The number of benzene rings is 1. The average molecular weight is 460 g/mol. The van der Waals surface area contributed by atoms with Crippen LogP contribution in [0.1, 0.15) is 58.2 Å². The number of nitrogens with zero attached hydrogens (tertiary/aromatic N) is 3. The molecule has 2 aromatic rings. The summed E-state index contributed by atoms with van der Waals surface area (Å²) in [5.41, 5.74) is 2.33. The summed E-state index contributed by atoms with van der Waals surface area (Å²) in [6.45, 7) is 10.1. The summed E-state index contributed by atoms with van der Waals surface area (Å²) >= 11 is 0. The predicted octanol–water partition coefficient (Wildman–Crippen LogP) is 5.35. The van der Waals surface area contributed by atoms with Gasteiger partial charge in [0.1, 0.15) is 6.07 Å². The van der Waals surface area contributed by atoms with E-state index in [9.17, 15) is 10.1 Å². The molecule has 34 heavy (non-hydrogen) atoms. The molecule has 0 radical (unpaired) electrons. The van der Waals surface area contributed by atoms with Crippen LogP contribution in [0.2, 0.25) is 0 Å². The second-order valence-corrected chi connectivity index (χ2v) is 10.5. The first kappa shape index (κ1) is 23.8. The first-order valence-electron chi connectivity index (χ1n) is 11.9. The van der Waals surface area contributed by atoms with Crippen molar-refractivity contribution in [3.05, 3.63) is 53.9 Å². The van der Waals surface area contributed by atoms with Crippen molar-refractivity contribution in [2.75, 3.05) is 19.8 Å². The number of rotatable bonds is 7. The fourth-order valence-corrected chi connectivity index (χ4v) is 5.83. The lowest BCUT2D eigenvalue weighted by Crippen LogP contribution is -2.40. The van der Waals surface area contributed by atoms with Crippen molar-refractivity contribution in [3.63, 3.8) is 0 Å². The molecule has 2 bridgehead atoms. The van der Waals surface area contributed by atoms with Gasteiger partial charge >= 0.3 is 0 Å². The first-order chi connectivity index (χ1) is 16.2. The molecule has 178 valence electrons. The highest BCUT2D eigenvalue weighted by Gasteiger charge is 2.50. The van der Waals surface area contributed by atoms with Gasteiger partial charge in [0.05, 0.1) is 17.9 Å². The monoisotopic (exact) mass is 459 g/mol. The van der Waals surface area contributed by atoms with Crippen LogP contribution in [0.4, 0.5) is 0 Å². The zero-order valence-corrected chi connectivity index (χ0v) is 20.5. The fourth-order valence-electron chi connectivity index (χ4n) is 5.83. The largest absolute Gasteiger partial charge is 0.490 e. The summed E-state index contributed by atoms with van der Waals surface area (Å²) in [5, 5.41) is 9.58. The molecule has 1 aromatic heterocycles. The summed E-state index contributed by atoms with van der Waals surface area (Å²) in [6, 6.07) is 13.4. The maximum Gasteiger partial charge on any atom is 0.260 e. The summed E-state index contributed by atoms with van der Waals surface area (Å²) in [5.74, 6) is 1.10. The molecule has 1 aromatic carbocycles. The van der Waals surface area contributed by atoms with Gasteiger partial charge in [-0.25, -0.2) is 0 Å². The molecule has 6 heteroatoms. The van der Waals surface area contributed by atoms with Gasteiger partial charge in [-0.15, -0.1) is 0 Å². The Bertz CT molecular complexity index is 1120. The predicted molar refractivity (Wildman–Crippen MR) is 132 cm³/mol. The second-order valence-electron chi connectivity index (χ2n) is 10.5. The normalized spacial score (nSPS) is 23.3. The summed E-state index contributed by atoms with van der Waals surface area (Å²) in [7, 11) is 0. The molecule has 1 amide bonds. The molecule has 1 saturated heterocycles. The number of likely N-dealkylation sites (tertiary alicyclic amines) is 1. The number of nitriles is 1. The van der Waals surface area contributed by atoms with E-state index in [-0.39, 0.29) is 23.3 Å². The Balaban J connectivity index is 1.48. The molecular weight excluding hydrogens is 426 g/mol. The third-order valence-corrected chi connectivity index (χ3v) is 6.73. The van der Waals surface area contributed by atoms with Crippen LogP contribution < -0.4 is 9.47 Å². The second kappa shape index (κ2) is 9.50. The van der Waals surface area contributed by atoms with E-state index < -0.39 is 0 Å². The van der Waals surface area contributed by atoms with Crippen LogP contribution in [-0.4, -0.2) is 41.6 Å². The maximum atomic E-state index is 13.1. The molecular formula is C28H33N3O3. The Labute approximate surface area is 202 Å². The minimum atomic E-state index is -0.0142. The van der Waals surface area contributed by atoms with Gasteiger partial charge in [-0.3, -0.25) is 9.78 Å². The van der Waals surface area contributed by atoms with Gasteiger partial charge in [0.25, 0.3) is 5.91 Å². The zero-order valence-electron chi connectivity index (χ0n) is 20.5. The molecule has 4 rings (SSSR count). The molecule has 2 atom stereocenters. The summed E-state index contributed by atoms with van der Waals surface area (Å²) in [6.07, 6.45) is 6.69. The highest BCUT2D eigenvalue weighted by molar-refractivity contribution is 5.88. The highest BCUT2D eigenvalue weighted by atomic mass is 16.5. The van der Waals surface area contributed by atoms with Gasteiger partial charge < -0.3 is 14.4 Å². The standard InChI is InChI=1S/C28H33N3O3/c1-5-33-25-13-20(12-21(16-29)23-8-6-7-11-30-23)9-10-24(25)34-17-26(32)31-19-28(4)15-22(31)14-27(2,3)18-28/h6-13,22H,5,14-15,17-19H2,1-4H3/b21-12+.